The van der Waals surface area contributed by atoms with E-state index in [1.54, 1.807) is 13.8 Å². The van der Waals surface area contributed by atoms with Gasteiger partial charge in [-0.2, -0.15) is 0 Å². The molecule has 2 N–H and O–H groups in total. The zero-order valence-corrected chi connectivity index (χ0v) is 17.5. The van der Waals surface area contributed by atoms with E-state index < -0.39 is 18.2 Å². The van der Waals surface area contributed by atoms with E-state index in [1.165, 1.54) is 19.2 Å². The van der Waals surface area contributed by atoms with Crippen LogP contribution in [0.5, 0.6) is 5.75 Å². The van der Waals surface area contributed by atoms with Gasteiger partial charge in [-0.15, -0.1) is 13.2 Å². The molecular formula is C19H18F3N3O5S. The van der Waals surface area contributed by atoms with Crippen LogP contribution in [0, 0.1) is 13.8 Å². The van der Waals surface area contributed by atoms with Gasteiger partial charge >= 0.3 is 12.3 Å². The third-order valence-electron chi connectivity index (χ3n) is 4.20. The van der Waals surface area contributed by atoms with E-state index in [-0.39, 0.29) is 35.4 Å². The van der Waals surface area contributed by atoms with Crippen molar-refractivity contribution in [3.8, 4) is 5.75 Å². The number of methoxy groups -OCH3 is 1. The van der Waals surface area contributed by atoms with Gasteiger partial charge in [-0.1, -0.05) is 11.3 Å². The van der Waals surface area contributed by atoms with Crippen molar-refractivity contribution in [2.75, 3.05) is 25.6 Å². The zero-order valence-electron chi connectivity index (χ0n) is 16.7. The molecule has 12 heteroatoms. The first-order valence-corrected chi connectivity index (χ1v) is 9.73. The maximum atomic E-state index is 12.7. The summed E-state index contributed by atoms with van der Waals surface area (Å²) in [5.74, 6) is -1.52. The second-order valence-corrected chi connectivity index (χ2v) is 7.43. The van der Waals surface area contributed by atoms with Gasteiger partial charge in [-0.05, 0) is 31.5 Å². The van der Waals surface area contributed by atoms with Gasteiger partial charge in [0.1, 0.15) is 18.1 Å². The molecule has 1 aromatic carbocycles. The van der Waals surface area contributed by atoms with Gasteiger partial charge in [0.15, 0.2) is 5.13 Å². The number of alkyl halides is 3. The number of aryl methyl sites for hydroxylation is 1. The average molecular weight is 457 g/mol. The van der Waals surface area contributed by atoms with E-state index in [9.17, 15) is 22.8 Å². The van der Waals surface area contributed by atoms with Crippen molar-refractivity contribution in [1.29, 1.82) is 0 Å². The number of carbonyl (C=O) groups is 2. The van der Waals surface area contributed by atoms with Crippen molar-refractivity contribution in [3.63, 3.8) is 0 Å². The van der Waals surface area contributed by atoms with Crippen LogP contribution in [0.25, 0.3) is 10.2 Å². The highest BCUT2D eigenvalue weighted by Crippen LogP contribution is 2.32. The maximum Gasteiger partial charge on any atom is 0.573 e. The Kier molecular flexibility index (Phi) is 6.51. The molecule has 3 rings (SSSR count). The van der Waals surface area contributed by atoms with Crippen molar-refractivity contribution >= 4 is 38.6 Å². The molecule has 0 aliphatic carbocycles. The molecule has 2 heterocycles. The molecule has 166 valence electrons. The van der Waals surface area contributed by atoms with Crippen molar-refractivity contribution in [3.05, 3.63) is 40.7 Å². The van der Waals surface area contributed by atoms with E-state index in [0.29, 0.717) is 21.5 Å². The number of H-pyrrole nitrogens is 1. The van der Waals surface area contributed by atoms with Gasteiger partial charge in [-0.3, -0.25) is 10.1 Å². The number of nitrogens with one attached hydrogen (secondary N) is 2. The van der Waals surface area contributed by atoms with Gasteiger partial charge in [0.05, 0.1) is 22.4 Å². The molecule has 31 heavy (non-hydrogen) atoms. The number of benzene rings is 1. The standard InChI is InChI=1S/C19H18F3N3O5S/c1-9-14(17(27)29-7-6-28-3)10(2)23-15(9)16(26)25-18-24-12-5-4-11(8-13(12)31-18)30-19(20,21)22/h4-5,8,23H,6-7H2,1-3H3,(H,24,25,26). The lowest BCUT2D eigenvalue weighted by molar-refractivity contribution is -0.274. The number of nitrogens with zero attached hydrogens (tertiary/aromatic N) is 1. The third kappa shape index (κ3) is 5.33. The van der Waals surface area contributed by atoms with Gasteiger partial charge in [0.2, 0.25) is 0 Å². The number of halogens is 3. The van der Waals surface area contributed by atoms with E-state index in [0.717, 1.165) is 17.4 Å². The molecule has 0 saturated heterocycles. The minimum Gasteiger partial charge on any atom is -0.460 e. The van der Waals surface area contributed by atoms with E-state index >= 15 is 0 Å². The van der Waals surface area contributed by atoms with Gasteiger partial charge < -0.3 is 19.2 Å². The summed E-state index contributed by atoms with van der Waals surface area (Å²) in [4.78, 5) is 32.0. The Labute approximate surface area is 178 Å². The number of esters is 1. The van der Waals surface area contributed by atoms with Crippen molar-refractivity contribution in [2.24, 2.45) is 0 Å². The van der Waals surface area contributed by atoms with E-state index in [1.807, 2.05) is 0 Å². The number of ether oxygens (including phenoxy) is 3. The molecule has 3 aromatic rings. The summed E-state index contributed by atoms with van der Waals surface area (Å²) in [6, 6.07) is 3.69. The Morgan fingerprint density at radius 3 is 2.65 bits per heavy atom. The first kappa shape index (κ1) is 22.6. The SMILES string of the molecule is COCCOC(=O)c1c(C)[nH]c(C(=O)Nc2nc3ccc(OC(F)(F)F)cc3s2)c1C. The summed E-state index contributed by atoms with van der Waals surface area (Å²) in [6.45, 7) is 3.56. The third-order valence-corrected chi connectivity index (χ3v) is 5.14. The van der Waals surface area contributed by atoms with Crippen molar-refractivity contribution in [1.82, 2.24) is 9.97 Å². The summed E-state index contributed by atoms with van der Waals surface area (Å²) in [7, 11) is 1.48. The van der Waals surface area contributed by atoms with E-state index in [4.69, 9.17) is 9.47 Å². The fourth-order valence-electron chi connectivity index (χ4n) is 2.89. The molecule has 0 unspecified atom stereocenters. The average Bonchev–Trinajstić information content (AvgIpc) is 3.19. The van der Waals surface area contributed by atoms with Crippen molar-refractivity contribution < 1.29 is 37.0 Å². The largest absolute Gasteiger partial charge is 0.573 e. The first-order valence-electron chi connectivity index (χ1n) is 8.92. The fraction of sp³-hybridized carbons (Fsp3) is 0.316. The summed E-state index contributed by atoms with van der Waals surface area (Å²) < 4.78 is 51.4. The number of fused-ring (bicyclic) bond motifs is 1. The normalized spacial score (nSPS) is 11.5. The molecular weight excluding hydrogens is 439 g/mol. The lowest BCUT2D eigenvalue weighted by Crippen LogP contribution is -2.16. The highest BCUT2D eigenvalue weighted by Gasteiger charge is 2.31. The van der Waals surface area contributed by atoms with Crippen LogP contribution in [-0.4, -0.2) is 48.5 Å². The zero-order chi connectivity index (χ0) is 22.8. The number of amides is 1. The monoisotopic (exact) mass is 457 g/mol. The van der Waals surface area contributed by atoms with Crippen LogP contribution in [0.3, 0.4) is 0 Å². The summed E-state index contributed by atoms with van der Waals surface area (Å²) >= 11 is 0.987. The van der Waals surface area contributed by atoms with Gasteiger partial charge in [-0.25, -0.2) is 9.78 Å². The molecule has 0 radical (unpaired) electrons. The molecule has 0 fully saturated rings. The molecule has 8 nitrogen and oxygen atoms in total. The van der Waals surface area contributed by atoms with Crippen LogP contribution in [0.2, 0.25) is 0 Å². The number of hydrogen-bond donors (Lipinski definition) is 2. The van der Waals surface area contributed by atoms with Crippen LogP contribution in [-0.2, 0) is 9.47 Å². The van der Waals surface area contributed by atoms with E-state index in [2.05, 4.69) is 20.0 Å². The molecule has 0 spiro atoms. The molecule has 0 bridgehead atoms. The number of thiazole rings is 1. The molecule has 0 saturated carbocycles. The fourth-order valence-corrected chi connectivity index (χ4v) is 3.78. The highest BCUT2D eigenvalue weighted by molar-refractivity contribution is 7.22. The lowest BCUT2D eigenvalue weighted by atomic mass is 10.1. The smallest absolute Gasteiger partial charge is 0.460 e. The molecule has 2 aromatic heterocycles. The molecule has 0 aliphatic rings. The second kappa shape index (κ2) is 8.94. The Morgan fingerprint density at radius 2 is 1.97 bits per heavy atom. The van der Waals surface area contributed by atoms with Gasteiger partial charge in [0.25, 0.3) is 5.91 Å². The van der Waals surface area contributed by atoms with Crippen LogP contribution < -0.4 is 10.1 Å². The minimum absolute atomic E-state index is 0.0761. The minimum atomic E-state index is -4.80. The quantitative estimate of drug-likeness (QED) is 0.407. The second-order valence-electron chi connectivity index (χ2n) is 6.40. The number of rotatable bonds is 7. The number of aromatic nitrogens is 2. The Bertz CT molecular complexity index is 1120. The van der Waals surface area contributed by atoms with Crippen LogP contribution in [0.15, 0.2) is 18.2 Å². The Hall–Kier alpha value is -3.12. The molecule has 0 atom stereocenters. The predicted octanol–water partition coefficient (Wildman–Crippen LogP) is 4.20. The number of carbonyl (C=O) groups excluding carboxylic acids is 2. The Morgan fingerprint density at radius 1 is 1.23 bits per heavy atom. The lowest BCUT2D eigenvalue weighted by Gasteiger charge is -2.07. The van der Waals surface area contributed by atoms with Crippen molar-refractivity contribution in [2.45, 2.75) is 20.2 Å². The topological polar surface area (TPSA) is 103 Å². The Balaban J connectivity index is 1.77. The first-order chi connectivity index (χ1) is 14.6. The predicted molar refractivity (Wildman–Crippen MR) is 107 cm³/mol. The number of anilines is 1. The molecule has 1 amide bonds. The number of hydrogen-bond acceptors (Lipinski definition) is 7. The van der Waals surface area contributed by atoms with Gasteiger partial charge in [0, 0.05) is 18.9 Å². The van der Waals surface area contributed by atoms with Crippen LogP contribution in [0.1, 0.15) is 32.1 Å². The van der Waals surface area contributed by atoms with Crippen LogP contribution in [0.4, 0.5) is 18.3 Å². The molecule has 0 aliphatic heterocycles. The van der Waals surface area contributed by atoms with Crippen LogP contribution >= 0.6 is 11.3 Å². The summed E-state index contributed by atoms with van der Waals surface area (Å²) in [5.41, 5.74) is 1.66. The summed E-state index contributed by atoms with van der Waals surface area (Å²) in [5, 5.41) is 2.77. The number of aromatic amines is 1. The maximum absolute atomic E-state index is 12.7. The summed E-state index contributed by atoms with van der Waals surface area (Å²) in [6.07, 6.45) is -4.80. The highest BCUT2D eigenvalue weighted by atomic mass is 32.1.